The Morgan fingerprint density at radius 1 is 0.760 bits per heavy atom. The molecule has 0 fully saturated rings. The maximum absolute atomic E-state index is 4.83. The summed E-state index contributed by atoms with van der Waals surface area (Å²) in [5.41, 5.74) is 8.39. The van der Waals surface area contributed by atoms with Gasteiger partial charge in [-0.3, -0.25) is 4.98 Å². The molecule has 2 aliphatic heterocycles. The highest BCUT2D eigenvalue weighted by Gasteiger charge is 2.15. The molecular formula is C21H18N4. The molecule has 0 aliphatic carbocycles. The molecule has 3 aromatic heterocycles. The van der Waals surface area contributed by atoms with Gasteiger partial charge in [0.15, 0.2) is 0 Å². The molecule has 0 radical (unpaired) electrons. The highest BCUT2D eigenvalue weighted by atomic mass is 14.8. The second-order valence-electron chi connectivity index (χ2n) is 6.74. The van der Waals surface area contributed by atoms with Crippen LogP contribution in [0.25, 0.3) is 34.2 Å². The molecule has 2 aliphatic rings. The first-order chi connectivity index (χ1) is 12.2. The van der Waals surface area contributed by atoms with Gasteiger partial charge in [0.1, 0.15) is 0 Å². The van der Waals surface area contributed by atoms with Gasteiger partial charge in [0.05, 0.1) is 11.4 Å². The molecule has 25 heavy (non-hydrogen) atoms. The van der Waals surface area contributed by atoms with Crippen molar-refractivity contribution < 1.29 is 0 Å². The number of hydrogen-bond donors (Lipinski definition) is 2. The molecule has 4 nitrogen and oxygen atoms in total. The Morgan fingerprint density at radius 3 is 1.96 bits per heavy atom. The predicted molar refractivity (Wildman–Crippen MR) is 102 cm³/mol. The quantitative estimate of drug-likeness (QED) is 0.486. The van der Waals surface area contributed by atoms with Gasteiger partial charge in [-0.1, -0.05) is 6.92 Å². The molecule has 0 spiro atoms. The second-order valence-corrected chi connectivity index (χ2v) is 6.74. The van der Waals surface area contributed by atoms with Crippen molar-refractivity contribution in [1.82, 2.24) is 19.9 Å². The third-order valence-electron chi connectivity index (χ3n) is 4.67. The van der Waals surface area contributed by atoms with E-state index in [1.807, 2.05) is 12.2 Å². The van der Waals surface area contributed by atoms with E-state index >= 15 is 0 Å². The van der Waals surface area contributed by atoms with Crippen molar-refractivity contribution in [2.24, 2.45) is 0 Å². The summed E-state index contributed by atoms with van der Waals surface area (Å²) < 4.78 is 0. The molecule has 3 aromatic rings. The third kappa shape index (κ3) is 2.76. The number of aromatic amines is 2. The van der Waals surface area contributed by atoms with E-state index in [9.17, 15) is 0 Å². The highest BCUT2D eigenvalue weighted by Crippen LogP contribution is 2.24. The van der Waals surface area contributed by atoms with Crippen molar-refractivity contribution in [3.63, 3.8) is 0 Å². The lowest BCUT2D eigenvalue weighted by Gasteiger charge is -1.97. The fraction of sp³-hybridized carbons (Fsp3) is 0.143. The second kappa shape index (κ2) is 5.45. The lowest BCUT2D eigenvalue weighted by Crippen LogP contribution is -1.87. The smallest absolute Gasteiger partial charge is 0.0658 e. The fourth-order valence-electron chi connectivity index (χ4n) is 3.41. The first-order valence-electron chi connectivity index (χ1n) is 8.56. The topological polar surface area (TPSA) is 57.4 Å². The van der Waals surface area contributed by atoms with Crippen LogP contribution in [0.2, 0.25) is 0 Å². The Kier molecular flexibility index (Phi) is 3.10. The van der Waals surface area contributed by atoms with Gasteiger partial charge in [-0.05, 0) is 67.1 Å². The van der Waals surface area contributed by atoms with Gasteiger partial charge < -0.3 is 9.97 Å². The number of hydrogen-bond acceptors (Lipinski definition) is 2. The third-order valence-corrected chi connectivity index (χ3v) is 4.67. The molecule has 4 heteroatoms. The molecule has 1 unspecified atom stereocenters. The van der Waals surface area contributed by atoms with Gasteiger partial charge in [0, 0.05) is 39.4 Å². The molecule has 0 amide bonds. The largest absolute Gasteiger partial charge is 0.355 e. The van der Waals surface area contributed by atoms with Crippen LogP contribution >= 0.6 is 0 Å². The Morgan fingerprint density at radius 2 is 1.32 bits per heavy atom. The summed E-state index contributed by atoms with van der Waals surface area (Å²) in [4.78, 5) is 16.3. The molecule has 0 saturated heterocycles. The van der Waals surface area contributed by atoms with Crippen molar-refractivity contribution in [2.75, 3.05) is 0 Å². The van der Waals surface area contributed by atoms with Crippen LogP contribution in [0.15, 0.2) is 48.5 Å². The van der Waals surface area contributed by atoms with E-state index in [2.05, 4.69) is 70.4 Å². The molecule has 5 rings (SSSR count). The van der Waals surface area contributed by atoms with Crippen molar-refractivity contribution in [1.29, 1.82) is 0 Å². The average Bonchev–Trinajstić information content (AvgIpc) is 3.33. The summed E-state index contributed by atoms with van der Waals surface area (Å²) in [6.07, 6.45) is 5.04. The summed E-state index contributed by atoms with van der Waals surface area (Å²) in [7, 11) is 0. The van der Waals surface area contributed by atoms with Crippen LogP contribution in [0.1, 0.15) is 35.6 Å². The Hall–Kier alpha value is -3.14. The zero-order valence-electron chi connectivity index (χ0n) is 14.0. The minimum atomic E-state index is 0.428. The standard InChI is InChI=1S/C21H18N4/c1-13-8-20-11-18-5-4-16(23-18)9-14-2-3-15(22-14)10-17-6-7-19(24-17)12-21(13)25-20/h2-7,9-13,23-24H,8H2,1H3. The average molecular weight is 326 g/mol. The number of nitrogens with zero attached hydrogens (tertiary/aromatic N) is 2. The summed E-state index contributed by atoms with van der Waals surface area (Å²) >= 11 is 0. The number of H-pyrrole nitrogens is 2. The van der Waals surface area contributed by atoms with Crippen LogP contribution in [0, 0.1) is 0 Å². The monoisotopic (exact) mass is 326 g/mol. The van der Waals surface area contributed by atoms with E-state index in [1.165, 1.54) is 0 Å². The summed E-state index contributed by atoms with van der Waals surface area (Å²) in [6, 6.07) is 16.7. The number of rotatable bonds is 0. The Bertz CT molecular complexity index is 1150. The van der Waals surface area contributed by atoms with Crippen LogP contribution in [0.4, 0.5) is 0 Å². The molecule has 8 bridgehead atoms. The SMILES string of the molecule is CC1Cc2cc3ccc(cc4nc(cc5ccc(cc1n2)[nH]5)C=C4)[nH]3. The Labute approximate surface area is 145 Å². The number of fused-ring (bicyclic) bond motifs is 8. The summed E-state index contributed by atoms with van der Waals surface area (Å²) in [5.74, 6) is 0.428. The first kappa shape index (κ1) is 14.2. The molecular weight excluding hydrogens is 308 g/mol. The maximum Gasteiger partial charge on any atom is 0.0658 e. The molecule has 122 valence electrons. The predicted octanol–water partition coefficient (Wildman–Crippen LogP) is 4.83. The summed E-state index contributed by atoms with van der Waals surface area (Å²) in [5, 5.41) is 0. The lowest BCUT2D eigenvalue weighted by atomic mass is 10.1. The lowest BCUT2D eigenvalue weighted by molar-refractivity contribution is 0.797. The molecule has 0 aromatic carbocycles. The van der Waals surface area contributed by atoms with Crippen molar-refractivity contribution in [3.05, 3.63) is 71.3 Å². The number of nitrogens with one attached hydrogen (secondary N) is 2. The van der Waals surface area contributed by atoms with Crippen molar-refractivity contribution in [2.45, 2.75) is 19.3 Å². The van der Waals surface area contributed by atoms with Gasteiger partial charge in [0.2, 0.25) is 0 Å². The fourth-order valence-corrected chi connectivity index (χ4v) is 3.41. The van der Waals surface area contributed by atoms with Gasteiger partial charge in [-0.15, -0.1) is 0 Å². The number of aromatic nitrogens is 4. The maximum atomic E-state index is 4.83. The van der Waals surface area contributed by atoms with E-state index in [4.69, 9.17) is 4.98 Å². The van der Waals surface area contributed by atoms with E-state index in [1.54, 1.807) is 0 Å². The van der Waals surface area contributed by atoms with Crippen LogP contribution in [-0.2, 0) is 6.42 Å². The van der Waals surface area contributed by atoms with E-state index in [0.29, 0.717) is 5.92 Å². The zero-order chi connectivity index (χ0) is 16.8. The molecule has 2 N–H and O–H groups in total. The van der Waals surface area contributed by atoms with E-state index in [-0.39, 0.29) is 0 Å². The van der Waals surface area contributed by atoms with Crippen molar-refractivity contribution in [3.8, 4) is 0 Å². The van der Waals surface area contributed by atoms with Crippen LogP contribution in [-0.4, -0.2) is 19.9 Å². The molecule has 5 heterocycles. The van der Waals surface area contributed by atoms with Gasteiger partial charge in [0.25, 0.3) is 0 Å². The first-order valence-corrected chi connectivity index (χ1v) is 8.56. The molecule has 1 atom stereocenters. The minimum absolute atomic E-state index is 0.428. The van der Waals surface area contributed by atoms with Gasteiger partial charge in [-0.2, -0.15) is 0 Å². The highest BCUT2D eigenvalue weighted by molar-refractivity contribution is 5.74. The zero-order valence-corrected chi connectivity index (χ0v) is 14.0. The normalized spacial score (nSPS) is 16.3. The van der Waals surface area contributed by atoms with Crippen molar-refractivity contribution >= 4 is 34.2 Å². The Balaban J connectivity index is 1.84. The van der Waals surface area contributed by atoms with E-state index < -0.39 is 0 Å². The summed E-state index contributed by atoms with van der Waals surface area (Å²) in [6.45, 7) is 2.23. The van der Waals surface area contributed by atoms with Gasteiger partial charge >= 0.3 is 0 Å². The van der Waals surface area contributed by atoms with Gasteiger partial charge in [-0.25, -0.2) is 4.98 Å². The minimum Gasteiger partial charge on any atom is -0.355 e. The van der Waals surface area contributed by atoms with Crippen LogP contribution in [0.5, 0.6) is 0 Å². The van der Waals surface area contributed by atoms with Crippen LogP contribution < -0.4 is 0 Å². The van der Waals surface area contributed by atoms with E-state index in [0.717, 1.165) is 51.3 Å². The molecule has 0 saturated carbocycles. The van der Waals surface area contributed by atoms with Crippen LogP contribution in [0.3, 0.4) is 0 Å².